The largest absolute Gasteiger partial charge is 0.383 e. The Balaban J connectivity index is 2.19. The Morgan fingerprint density at radius 3 is 2.81 bits per heavy atom. The summed E-state index contributed by atoms with van der Waals surface area (Å²) >= 11 is 0. The molecule has 1 atom stereocenters. The van der Waals surface area contributed by atoms with Gasteiger partial charge in [-0.1, -0.05) is 6.07 Å². The first kappa shape index (κ1) is 14.8. The quantitative estimate of drug-likeness (QED) is 0.557. The Labute approximate surface area is 121 Å². The average molecular weight is 292 g/mol. The average Bonchev–Trinajstić information content (AvgIpc) is 2.48. The van der Waals surface area contributed by atoms with Crippen LogP contribution in [-0.2, 0) is 4.79 Å². The van der Waals surface area contributed by atoms with Crippen molar-refractivity contribution in [1.82, 2.24) is 10.6 Å². The molecule has 0 saturated carbocycles. The number of hydrogen-bond acceptors (Lipinski definition) is 5. The van der Waals surface area contributed by atoms with Crippen LogP contribution < -0.4 is 16.0 Å². The van der Waals surface area contributed by atoms with Gasteiger partial charge in [0.2, 0.25) is 5.91 Å². The van der Waals surface area contributed by atoms with Crippen LogP contribution in [-0.4, -0.2) is 36.4 Å². The van der Waals surface area contributed by atoms with E-state index in [9.17, 15) is 19.7 Å². The maximum absolute atomic E-state index is 12.2. The van der Waals surface area contributed by atoms with Crippen LogP contribution in [0, 0.1) is 10.1 Å². The molecule has 112 valence electrons. The number of amides is 2. The molecule has 1 fully saturated rings. The van der Waals surface area contributed by atoms with Gasteiger partial charge < -0.3 is 16.0 Å². The lowest BCUT2D eigenvalue weighted by Gasteiger charge is -2.23. The predicted octanol–water partition coefficient (Wildman–Crippen LogP) is 0.645. The van der Waals surface area contributed by atoms with Crippen LogP contribution in [0.2, 0.25) is 0 Å². The summed E-state index contributed by atoms with van der Waals surface area (Å²) in [4.78, 5) is 33.9. The molecule has 1 saturated heterocycles. The van der Waals surface area contributed by atoms with Gasteiger partial charge in [0.05, 0.1) is 4.92 Å². The number of benzene rings is 1. The molecule has 0 spiro atoms. The van der Waals surface area contributed by atoms with Crippen LogP contribution in [0.25, 0.3) is 0 Å². The van der Waals surface area contributed by atoms with Crippen molar-refractivity contribution in [3.05, 3.63) is 33.9 Å². The van der Waals surface area contributed by atoms with E-state index in [4.69, 9.17) is 0 Å². The molecule has 8 nitrogen and oxygen atoms in total. The van der Waals surface area contributed by atoms with Crippen molar-refractivity contribution in [2.24, 2.45) is 0 Å². The minimum atomic E-state index is -0.580. The highest BCUT2D eigenvalue weighted by Crippen LogP contribution is 2.28. The van der Waals surface area contributed by atoms with Crippen molar-refractivity contribution in [2.45, 2.75) is 18.9 Å². The fraction of sp³-hybridized carbons (Fsp3) is 0.385. The summed E-state index contributed by atoms with van der Waals surface area (Å²) in [6, 6.07) is 4.31. The van der Waals surface area contributed by atoms with E-state index in [1.807, 2.05) is 0 Å². The molecule has 1 unspecified atom stereocenters. The number of para-hydroxylation sites is 1. The van der Waals surface area contributed by atoms with Gasteiger partial charge in [-0.15, -0.1) is 0 Å². The van der Waals surface area contributed by atoms with Gasteiger partial charge in [-0.3, -0.25) is 19.7 Å². The van der Waals surface area contributed by atoms with Crippen LogP contribution in [0.1, 0.15) is 23.2 Å². The van der Waals surface area contributed by atoms with Gasteiger partial charge in [0.25, 0.3) is 5.91 Å². The number of nitrogens with zero attached hydrogens (tertiary/aromatic N) is 1. The van der Waals surface area contributed by atoms with Gasteiger partial charge in [0, 0.05) is 26.1 Å². The first-order valence-electron chi connectivity index (χ1n) is 6.55. The fourth-order valence-corrected chi connectivity index (χ4v) is 2.24. The summed E-state index contributed by atoms with van der Waals surface area (Å²) in [5.74, 6) is -0.566. The summed E-state index contributed by atoms with van der Waals surface area (Å²) in [5, 5.41) is 19.2. The van der Waals surface area contributed by atoms with Crippen LogP contribution in [0.3, 0.4) is 0 Å². The predicted molar refractivity (Wildman–Crippen MR) is 76.1 cm³/mol. The van der Waals surface area contributed by atoms with Crippen molar-refractivity contribution in [3.63, 3.8) is 0 Å². The molecule has 0 bridgehead atoms. The molecule has 0 aromatic heterocycles. The van der Waals surface area contributed by atoms with Crippen molar-refractivity contribution >= 4 is 23.2 Å². The third-order valence-electron chi connectivity index (χ3n) is 3.33. The highest BCUT2D eigenvalue weighted by molar-refractivity contribution is 6.00. The Morgan fingerprint density at radius 1 is 1.48 bits per heavy atom. The second-order valence-corrected chi connectivity index (χ2v) is 4.72. The zero-order chi connectivity index (χ0) is 15.4. The number of piperidine rings is 1. The van der Waals surface area contributed by atoms with Gasteiger partial charge in [-0.25, -0.2) is 0 Å². The number of rotatable bonds is 4. The molecule has 21 heavy (non-hydrogen) atoms. The summed E-state index contributed by atoms with van der Waals surface area (Å²) in [5.41, 5.74) is 0.0330. The number of nitro groups is 1. The molecule has 0 radical (unpaired) electrons. The standard InChI is InChI=1S/C13H16N4O4/c1-14-10-4-2-3-9(12(10)17(20)21)13(19)16-8-5-6-11(18)15-7-8/h2-4,8,14H,5-7H2,1H3,(H,15,18)(H,16,19). The van der Waals surface area contributed by atoms with Crippen LogP contribution in [0.15, 0.2) is 18.2 Å². The first-order valence-corrected chi connectivity index (χ1v) is 6.55. The van der Waals surface area contributed by atoms with E-state index < -0.39 is 10.8 Å². The van der Waals surface area contributed by atoms with Gasteiger partial charge in [-0.2, -0.15) is 0 Å². The van der Waals surface area contributed by atoms with E-state index in [1.165, 1.54) is 12.1 Å². The summed E-state index contributed by atoms with van der Waals surface area (Å²) in [7, 11) is 1.56. The normalized spacial score (nSPS) is 17.8. The first-order chi connectivity index (χ1) is 10.0. The molecule has 0 aliphatic carbocycles. The Hall–Kier alpha value is -2.64. The summed E-state index contributed by atoms with van der Waals surface area (Å²) in [6.45, 7) is 0.337. The lowest BCUT2D eigenvalue weighted by molar-refractivity contribution is -0.384. The topological polar surface area (TPSA) is 113 Å². The minimum absolute atomic E-state index is 0.00347. The Bertz CT molecular complexity index is 578. The zero-order valence-electron chi connectivity index (χ0n) is 11.5. The number of nitro benzene ring substituents is 1. The fourth-order valence-electron chi connectivity index (χ4n) is 2.24. The van der Waals surface area contributed by atoms with Crippen LogP contribution in [0.5, 0.6) is 0 Å². The lowest BCUT2D eigenvalue weighted by Crippen LogP contribution is -2.47. The van der Waals surface area contributed by atoms with Gasteiger partial charge >= 0.3 is 5.69 Å². The molecule has 1 aliphatic heterocycles. The van der Waals surface area contributed by atoms with E-state index in [-0.39, 0.29) is 28.9 Å². The second kappa shape index (κ2) is 6.21. The van der Waals surface area contributed by atoms with Crippen LogP contribution in [0.4, 0.5) is 11.4 Å². The zero-order valence-corrected chi connectivity index (χ0v) is 11.5. The van der Waals surface area contributed by atoms with E-state index in [1.54, 1.807) is 13.1 Å². The molecule has 2 amide bonds. The Kier molecular flexibility index (Phi) is 4.36. The van der Waals surface area contributed by atoms with Gasteiger partial charge in [0.15, 0.2) is 0 Å². The molecule has 1 heterocycles. The summed E-state index contributed by atoms with van der Waals surface area (Å²) in [6.07, 6.45) is 0.862. The van der Waals surface area contributed by atoms with Crippen molar-refractivity contribution in [3.8, 4) is 0 Å². The van der Waals surface area contributed by atoms with Crippen molar-refractivity contribution in [2.75, 3.05) is 18.9 Å². The number of carbonyl (C=O) groups is 2. The Morgan fingerprint density at radius 2 is 2.24 bits per heavy atom. The maximum atomic E-state index is 12.2. The molecule has 1 aromatic rings. The summed E-state index contributed by atoms with van der Waals surface area (Å²) < 4.78 is 0. The monoisotopic (exact) mass is 292 g/mol. The highest BCUT2D eigenvalue weighted by atomic mass is 16.6. The van der Waals surface area contributed by atoms with Crippen molar-refractivity contribution in [1.29, 1.82) is 0 Å². The van der Waals surface area contributed by atoms with Crippen molar-refractivity contribution < 1.29 is 14.5 Å². The molecule has 8 heteroatoms. The highest BCUT2D eigenvalue weighted by Gasteiger charge is 2.26. The number of anilines is 1. The molecule has 2 rings (SSSR count). The maximum Gasteiger partial charge on any atom is 0.305 e. The molecular weight excluding hydrogens is 276 g/mol. The minimum Gasteiger partial charge on any atom is -0.383 e. The number of nitrogens with one attached hydrogen (secondary N) is 3. The van der Waals surface area contributed by atoms with Gasteiger partial charge in [0.1, 0.15) is 11.3 Å². The third-order valence-corrected chi connectivity index (χ3v) is 3.33. The molecular formula is C13H16N4O4. The van der Waals surface area contributed by atoms with Crippen LogP contribution >= 0.6 is 0 Å². The lowest BCUT2D eigenvalue weighted by atomic mass is 10.1. The van der Waals surface area contributed by atoms with E-state index in [2.05, 4.69) is 16.0 Å². The van der Waals surface area contributed by atoms with Gasteiger partial charge in [-0.05, 0) is 18.6 Å². The van der Waals surface area contributed by atoms with E-state index in [0.29, 0.717) is 19.4 Å². The molecule has 3 N–H and O–H groups in total. The number of hydrogen-bond donors (Lipinski definition) is 3. The second-order valence-electron chi connectivity index (χ2n) is 4.72. The number of carbonyl (C=O) groups excluding carboxylic acids is 2. The smallest absolute Gasteiger partial charge is 0.305 e. The molecule has 1 aliphatic rings. The third kappa shape index (κ3) is 3.28. The SMILES string of the molecule is CNc1cccc(C(=O)NC2CCC(=O)NC2)c1[N+](=O)[O-]. The van der Waals surface area contributed by atoms with E-state index in [0.717, 1.165) is 0 Å². The molecule has 1 aromatic carbocycles. The van der Waals surface area contributed by atoms with E-state index >= 15 is 0 Å².